The predicted octanol–water partition coefficient (Wildman–Crippen LogP) is 6.37. The topological polar surface area (TPSA) is 68.0 Å². The van der Waals surface area contributed by atoms with Crippen LogP contribution in [0.1, 0.15) is 45.8 Å². The maximum atomic E-state index is 12.9. The largest absolute Gasteiger partial charge is 0.416 e. The minimum atomic E-state index is -4.42. The number of fused-ring (bicyclic) bond motifs is 1. The van der Waals surface area contributed by atoms with Crippen LogP contribution in [-0.2, 0) is 12.7 Å². The molecule has 1 saturated carbocycles. The zero-order valence-corrected chi connectivity index (χ0v) is 18.3. The number of hydrogen-bond donors (Lipinski definition) is 2. The molecule has 1 heterocycles. The van der Waals surface area contributed by atoms with Gasteiger partial charge < -0.3 is 11.1 Å². The maximum absolute atomic E-state index is 12.9. The van der Waals surface area contributed by atoms with Crippen LogP contribution in [-0.4, -0.2) is 10.9 Å². The zero-order chi connectivity index (χ0) is 23.2. The van der Waals surface area contributed by atoms with Gasteiger partial charge in [-0.1, -0.05) is 35.6 Å². The van der Waals surface area contributed by atoms with E-state index >= 15 is 0 Å². The lowest BCUT2D eigenvalue weighted by Crippen LogP contribution is -2.23. The molecular formula is C25H20F3N3OS. The molecule has 1 aromatic heterocycles. The lowest BCUT2D eigenvalue weighted by molar-refractivity contribution is -0.137. The summed E-state index contributed by atoms with van der Waals surface area (Å²) < 4.78 is 39.7. The first-order valence-corrected chi connectivity index (χ1v) is 11.3. The van der Waals surface area contributed by atoms with Crippen LogP contribution in [0.2, 0.25) is 0 Å². The van der Waals surface area contributed by atoms with E-state index in [0.717, 1.165) is 33.5 Å². The third-order valence-electron chi connectivity index (χ3n) is 5.75. The molecule has 8 heteroatoms. The second-order valence-corrected chi connectivity index (χ2v) is 9.26. The molecule has 1 aliphatic rings. The van der Waals surface area contributed by atoms with Gasteiger partial charge in [0.2, 0.25) is 0 Å². The highest BCUT2D eigenvalue weighted by atomic mass is 32.1. The molecule has 4 aromatic rings. The number of nitrogens with two attached hydrogens (primary N) is 1. The van der Waals surface area contributed by atoms with Crippen molar-refractivity contribution in [2.24, 2.45) is 0 Å². The van der Waals surface area contributed by atoms with Crippen LogP contribution in [0.15, 0.2) is 60.7 Å². The van der Waals surface area contributed by atoms with Crippen molar-refractivity contribution in [3.63, 3.8) is 0 Å². The van der Waals surface area contributed by atoms with Crippen molar-refractivity contribution in [1.82, 2.24) is 10.3 Å². The first-order valence-electron chi connectivity index (χ1n) is 10.5. The lowest BCUT2D eigenvalue weighted by atomic mass is 9.98. The molecular weight excluding hydrogens is 447 g/mol. The quantitative estimate of drug-likeness (QED) is 0.358. The summed E-state index contributed by atoms with van der Waals surface area (Å²) in [4.78, 5) is 17.0. The van der Waals surface area contributed by atoms with E-state index in [4.69, 9.17) is 5.73 Å². The highest BCUT2D eigenvalue weighted by molar-refractivity contribution is 7.22. The predicted molar refractivity (Wildman–Crippen MR) is 124 cm³/mol. The highest BCUT2D eigenvalue weighted by Crippen LogP contribution is 2.44. The van der Waals surface area contributed by atoms with Gasteiger partial charge in [-0.3, -0.25) is 4.79 Å². The Morgan fingerprint density at radius 1 is 1.09 bits per heavy atom. The van der Waals surface area contributed by atoms with Gasteiger partial charge in [0.1, 0.15) is 0 Å². The Morgan fingerprint density at radius 2 is 1.85 bits per heavy atom. The molecule has 168 valence electrons. The van der Waals surface area contributed by atoms with E-state index in [1.165, 1.54) is 35.8 Å². The molecule has 33 heavy (non-hydrogen) atoms. The van der Waals surface area contributed by atoms with E-state index in [9.17, 15) is 18.0 Å². The molecule has 0 aliphatic heterocycles. The second kappa shape index (κ2) is 8.19. The SMILES string of the molecule is Nc1nc2c(-c3ccc(C(=O)NCc4cccc(C(F)(F)F)c4)cc3)cc(C3CC3)cc2s1. The molecule has 3 aromatic carbocycles. The first kappa shape index (κ1) is 21.5. The molecule has 0 atom stereocenters. The van der Waals surface area contributed by atoms with Crippen molar-refractivity contribution in [3.05, 3.63) is 82.9 Å². The van der Waals surface area contributed by atoms with E-state index in [-0.39, 0.29) is 12.5 Å². The molecule has 0 radical (unpaired) electrons. The summed E-state index contributed by atoms with van der Waals surface area (Å²) >= 11 is 1.47. The number of hydrogen-bond acceptors (Lipinski definition) is 4. The molecule has 3 N–H and O–H groups in total. The minimum Gasteiger partial charge on any atom is -0.375 e. The Labute approximate surface area is 192 Å². The van der Waals surface area contributed by atoms with Crippen molar-refractivity contribution in [1.29, 1.82) is 0 Å². The van der Waals surface area contributed by atoms with Crippen LogP contribution in [0.5, 0.6) is 0 Å². The second-order valence-electron chi connectivity index (χ2n) is 8.20. The van der Waals surface area contributed by atoms with Gasteiger partial charge in [-0.25, -0.2) is 4.98 Å². The van der Waals surface area contributed by atoms with Gasteiger partial charge >= 0.3 is 6.18 Å². The Bertz CT molecular complexity index is 1340. The van der Waals surface area contributed by atoms with E-state index in [1.54, 1.807) is 18.2 Å². The van der Waals surface area contributed by atoms with E-state index in [1.807, 2.05) is 12.1 Å². The third kappa shape index (κ3) is 4.57. The fourth-order valence-corrected chi connectivity index (χ4v) is 4.69. The van der Waals surface area contributed by atoms with Crippen LogP contribution in [0.3, 0.4) is 0 Å². The summed E-state index contributed by atoms with van der Waals surface area (Å²) in [6, 6.07) is 16.4. The van der Waals surface area contributed by atoms with Gasteiger partial charge in [-0.2, -0.15) is 13.2 Å². The molecule has 4 nitrogen and oxygen atoms in total. The number of amides is 1. The number of nitrogens with zero attached hydrogens (tertiary/aromatic N) is 1. The molecule has 5 rings (SSSR count). The molecule has 0 bridgehead atoms. The number of anilines is 1. The van der Waals surface area contributed by atoms with Crippen molar-refractivity contribution in [3.8, 4) is 11.1 Å². The van der Waals surface area contributed by atoms with Crippen LogP contribution in [0.25, 0.3) is 21.3 Å². The van der Waals surface area contributed by atoms with Gasteiger partial charge in [0.25, 0.3) is 5.91 Å². The standard InChI is InChI=1S/C25H20F3N3OS/c26-25(27,28)19-3-1-2-14(10-19)13-30-23(32)17-8-6-16(7-9-17)20-11-18(15-4-5-15)12-21-22(20)31-24(29)33-21/h1-3,6-12,15H,4-5,13H2,(H2,29,31)(H,30,32). The summed E-state index contributed by atoms with van der Waals surface area (Å²) in [5, 5.41) is 3.20. The number of nitrogens with one attached hydrogen (secondary N) is 1. The van der Waals surface area contributed by atoms with Crippen molar-refractivity contribution >= 4 is 32.6 Å². The number of rotatable bonds is 5. The number of nitrogen functional groups attached to an aromatic ring is 1. The number of benzene rings is 3. The average Bonchev–Trinajstić information content (AvgIpc) is 3.57. The summed E-state index contributed by atoms with van der Waals surface area (Å²) in [6.45, 7) is 0.00661. The van der Waals surface area contributed by atoms with E-state index < -0.39 is 11.7 Å². The van der Waals surface area contributed by atoms with Crippen LogP contribution in [0, 0.1) is 0 Å². The lowest BCUT2D eigenvalue weighted by Gasteiger charge is -2.10. The molecule has 1 fully saturated rings. The Morgan fingerprint density at radius 3 is 2.55 bits per heavy atom. The van der Waals surface area contributed by atoms with Gasteiger partial charge in [0.15, 0.2) is 5.13 Å². The minimum absolute atomic E-state index is 0.00661. The smallest absolute Gasteiger partial charge is 0.375 e. The van der Waals surface area contributed by atoms with Crippen LogP contribution < -0.4 is 11.1 Å². The molecule has 1 amide bonds. The van der Waals surface area contributed by atoms with Gasteiger partial charge in [0, 0.05) is 17.7 Å². The Kier molecular flexibility index (Phi) is 5.32. The Balaban J connectivity index is 1.34. The third-order valence-corrected chi connectivity index (χ3v) is 6.58. The molecule has 0 unspecified atom stereocenters. The fourth-order valence-electron chi connectivity index (χ4n) is 3.88. The number of aromatic nitrogens is 1. The summed E-state index contributed by atoms with van der Waals surface area (Å²) in [5.41, 5.74) is 10.1. The number of carbonyl (C=O) groups excluding carboxylic acids is 1. The van der Waals surface area contributed by atoms with Crippen molar-refractivity contribution in [2.75, 3.05) is 5.73 Å². The number of halogens is 3. The molecule has 1 aliphatic carbocycles. The Hall–Kier alpha value is -3.39. The van der Waals surface area contributed by atoms with Gasteiger partial charge in [0.05, 0.1) is 15.8 Å². The first-order chi connectivity index (χ1) is 15.8. The molecule has 0 saturated heterocycles. The van der Waals surface area contributed by atoms with Gasteiger partial charge in [-0.05, 0) is 71.8 Å². The maximum Gasteiger partial charge on any atom is 0.416 e. The summed E-state index contributed by atoms with van der Waals surface area (Å²) in [7, 11) is 0. The van der Waals surface area contributed by atoms with Gasteiger partial charge in [-0.15, -0.1) is 0 Å². The zero-order valence-electron chi connectivity index (χ0n) is 17.4. The average molecular weight is 468 g/mol. The van der Waals surface area contributed by atoms with E-state index in [0.29, 0.717) is 22.2 Å². The summed E-state index contributed by atoms with van der Waals surface area (Å²) in [6.07, 6.45) is -2.05. The summed E-state index contributed by atoms with van der Waals surface area (Å²) in [5.74, 6) is 0.228. The number of thiazole rings is 1. The molecule has 0 spiro atoms. The van der Waals surface area contributed by atoms with Crippen molar-refractivity contribution < 1.29 is 18.0 Å². The normalized spacial score (nSPS) is 13.9. The van der Waals surface area contributed by atoms with Crippen LogP contribution >= 0.6 is 11.3 Å². The monoisotopic (exact) mass is 467 g/mol. The van der Waals surface area contributed by atoms with Crippen molar-refractivity contribution in [2.45, 2.75) is 31.5 Å². The fraction of sp³-hybridized carbons (Fsp3) is 0.200. The highest BCUT2D eigenvalue weighted by Gasteiger charge is 2.30. The number of carbonyl (C=O) groups is 1. The number of alkyl halides is 3. The van der Waals surface area contributed by atoms with Crippen LogP contribution in [0.4, 0.5) is 18.3 Å². The van der Waals surface area contributed by atoms with E-state index in [2.05, 4.69) is 22.4 Å².